The average Bonchev–Trinajstić information content (AvgIpc) is 3.06. The van der Waals surface area contributed by atoms with Crippen molar-refractivity contribution in [3.8, 4) is 0 Å². The molecule has 7 amide bonds. The van der Waals surface area contributed by atoms with Crippen molar-refractivity contribution in [1.29, 1.82) is 5.41 Å². The van der Waals surface area contributed by atoms with Gasteiger partial charge in [0.25, 0.3) is 5.91 Å². The highest BCUT2D eigenvalue weighted by atomic mass is 127. The number of unbranched alkanes of at least 4 members (excludes halogenated alkanes) is 5. The molecule has 0 bridgehead atoms. The number of benzene rings is 1. The molecule has 0 saturated heterocycles. The van der Waals surface area contributed by atoms with Gasteiger partial charge in [-0.15, -0.1) is 0 Å². The number of guanidine groups is 1. The Hall–Kier alpha value is -6.28. The molecule has 0 aliphatic carbocycles. The molecule has 0 aromatic heterocycles. The maximum atomic E-state index is 13.3. The lowest BCUT2D eigenvalue weighted by Gasteiger charge is -2.28. The monoisotopic (exact) mass is 1330 g/mol. The van der Waals surface area contributed by atoms with E-state index < -0.39 is 99.8 Å². The summed E-state index contributed by atoms with van der Waals surface area (Å²) >= 11 is 2.02. The van der Waals surface area contributed by atoms with E-state index >= 15 is 0 Å². The maximum absolute atomic E-state index is 13.3. The van der Waals surface area contributed by atoms with E-state index in [1.807, 2.05) is 22.6 Å². The number of hydrogen-bond acceptors (Lipinski definition) is 17. The predicted molar refractivity (Wildman–Crippen MR) is 333 cm³/mol. The zero-order valence-electron chi connectivity index (χ0n) is 54.3. The summed E-state index contributed by atoms with van der Waals surface area (Å²) in [6.45, 7) is 30.9. The third-order valence-corrected chi connectivity index (χ3v) is 12.2. The Morgan fingerprint density at radius 3 is 1.37 bits per heavy atom. The number of rotatable bonds is 29. The summed E-state index contributed by atoms with van der Waals surface area (Å²) in [6, 6.07) is 0.779. The van der Waals surface area contributed by atoms with E-state index in [0.717, 1.165) is 4.90 Å². The van der Waals surface area contributed by atoms with Crippen LogP contribution < -0.4 is 31.9 Å². The number of amides is 7. The molecule has 1 rings (SSSR count). The van der Waals surface area contributed by atoms with Gasteiger partial charge >= 0.3 is 42.1 Å². The molecule has 24 nitrogen and oxygen atoms in total. The van der Waals surface area contributed by atoms with Crippen molar-refractivity contribution in [1.82, 2.24) is 36.8 Å². The zero-order valence-corrected chi connectivity index (χ0v) is 56.5. The smallest absolute Gasteiger partial charge is 0.417 e. The first-order valence-electron chi connectivity index (χ1n) is 29.5. The minimum absolute atomic E-state index is 0.110. The van der Waals surface area contributed by atoms with Crippen molar-refractivity contribution in [3.63, 3.8) is 0 Å². The summed E-state index contributed by atoms with van der Waals surface area (Å²) < 4.78 is 33.4. The molecule has 0 heterocycles. The summed E-state index contributed by atoms with van der Waals surface area (Å²) in [5, 5.41) is 24.5. The van der Waals surface area contributed by atoms with Crippen LogP contribution in [0.2, 0.25) is 0 Å². The van der Waals surface area contributed by atoms with Crippen molar-refractivity contribution < 1.29 is 76.4 Å². The van der Waals surface area contributed by atoms with Crippen LogP contribution in [0.5, 0.6) is 0 Å². The van der Waals surface area contributed by atoms with Gasteiger partial charge in [0.1, 0.15) is 51.7 Å². The van der Waals surface area contributed by atoms with Crippen LogP contribution in [-0.2, 0) is 63.7 Å². The van der Waals surface area contributed by atoms with Crippen molar-refractivity contribution in [2.24, 2.45) is 0 Å². The fourth-order valence-electron chi connectivity index (χ4n) is 7.64. The molecule has 1 aromatic carbocycles. The van der Waals surface area contributed by atoms with E-state index in [9.17, 15) is 47.9 Å². The minimum Gasteiger partial charge on any atom is -0.460 e. The van der Waals surface area contributed by atoms with Gasteiger partial charge in [-0.2, -0.15) is 0 Å². The second-order valence-electron chi connectivity index (χ2n) is 26.9. The summed E-state index contributed by atoms with van der Waals surface area (Å²) in [7, 11) is 0. The van der Waals surface area contributed by atoms with E-state index in [4.69, 9.17) is 33.8 Å². The van der Waals surface area contributed by atoms with Crippen LogP contribution in [0.4, 0.5) is 14.4 Å². The second kappa shape index (κ2) is 35.5. The number of nitrogens with one attached hydrogen (secondary N) is 7. The molecular weight excluding hydrogens is 1230 g/mol. The summed E-state index contributed by atoms with van der Waals surface area (Å²) in [5.41, 5.74) is -4.12. The molecule has 7 N–H and O–H groups in total. The van der Waals surface area contributed by atoms with Gasteiger partial charge in [-0.3, -0.25) is 29.9 Å². The first-order valence-corrected chi connectivity index (χ1v) is 30.6. The van der Waals surface area contributed by atoms with Crippen LogP contribution >= 0.6 is 22.6 Å². The van der Waals surface area contributed by atoms with Gasteiger partial charge in [0, 0.05) is 41.5 Å². The van der Waals surface area contributed by atoms with E-state index in [1.54, 1.807) is 143 Å². The van der Waals surface area contributed by atoms with E-state index in [2.05, 4.69) is 31.9 Å². The average molecular weight is 1330 g/mol. The molecular formula is C61H101IN8O16. The molecule has 0 spiro atoms. The Kier molecular flexibility index (Phi) is 32.1. The van der Waals surface area contributed by atoms with Gasteiger partial charge in [-0.25, -0.2) is 33.7 Å². The lowest BCUT2D eigenvalue weighted by Crippen LogP contribution is -2.53. The fourth-order valence-corrected chi connectivity index (χ4v) is 8.33. The van der Waals surface area contributed by atoms with Crippen molar-refractivity contribution in [2.75, 3.05) is 13.1 Å². The Labute approximate surface area is 523 Å². The highest BCUT2D eigenvalue weighted by Gasteiger charge is 2.33. The molecule has 0 aliphatic rings. The summed E-state index contributed by atoms with van der Waals surface area (Å²) in [6.07, 6.45) is 3.06. The number of carbonyl (C=O) groups is 10. The highest BCUT2D eigenvalue weighted by Crippen LogP contribution is 2.21. The van der Waals surface area contributed by atoms with Crippen LogP contribution in [0.3, 0.4) is 0 Å². The molecule has 86 heavy (non-hydrogen) atoms. The molecule has 0 fully saturated rings. The number of halogens is 1. The first kappa shape index (κ1) is 77.7. The Balaban J connectivity index is 2.71. The van der Waals surface area contributed by atoms with E-state index in [-0.39, 0.29) is 69.3 Å². The van der Waals surface area contributed by atoms with Crippen LogP contribution in [0.1, 0.15) is 230 Å². The Morgan fingerprint density at radius 1 is 0.488 bits per heavy atom. The van der Waals surface area contributed by atoms with Crippen molar-refractivity contribution in [3.05, 3.63) is 32.9 Å². The molecule has 0 aliphatic heterocycles. The topological polar surface area (TPSA) is 325 Å². The number of alkyl carbamates (subject to hydrolysis) is 1. The number of esters is 4. The Morgan fingerprint density at radius 2 is 0.919 bits per heavy atom. The number of hydrogen-bond donors (Lipinski definition) is 7. The second-order valence-corrected chi connectivity index (χ2v) is 28.1. The van der Waals surface area contributed by atoms with Crippen LogP contribution in [-0.4, -0.2) is 135 Å². The first-order chi connectivity index (χ1) is 39.3. The summed E-state index contributed by atoms with van der Waals surface area (Å²) in [5.74, 6) is -3.97. The number of nitrogens with zero attached hydrogens (tertiary/aromatic N) is 1. The largest absolute Gasteiger partial charge is 0.460 e. The fraction of sp³-hybridized carbons (Fsp3) is 0.721. The molecule has 1 unspecified atom stereocenters. The lowest BCUT2D eigenvalue weighted by atomic mass is 10.1. The quantitative estimate of drug-likeness (QED) is 0.00980. The number of urea groups is 1. The molecule has 3 atom stereocenters. The zero-order chi connectivity index (χ0) is 66.0. The molecule has 488 valence electrons. The van der Waals surface area contributed by atoms with Gasteiger partial charge in [0.05, 0.1) is 6.54 Å². The lowest BCUT2D eigenvalue weighted by molar-refractivity contribution is -0.160. The van der Waals surface area contributed by atoms with Gasteiger partial charge < -0.3 is 55.0 Å². The Bertz CT molecular complexity index is 2460. The maximum Gasteiger partial charge on any atom is 0.417 e. The third-order valence-electron chi connectivity index (χ3n) is 11.2. The molecule has 25 heteroatoms. The number of ether oxygens (including phenoxy) is 6. The van der Waals surface area contributed by atoms with E-state index in [1.165, 1.54) is 0 Å². The van der Waals surface area contributed by atoms with E-state index in [0.29, 0.717) is 72.6 Å². The number of carbonyl (C=O) groups excluding carboxylic acids is 10. The normalized spacial score (nSPS) is 13.1. The molecule has 1 aromatic rings. The van der Waals surface area contributed by atoms with Gasteiger partial charge in [-0.05, 0) is 223 Å². The highest BCUT2D eigenvalue weighted by molar-refractivity contribution is 14.1. The standard InChI is InChI=1S/C61H101IN8O16/c1-56(2,3)81-47(73)34-33-44(51(77)84-59(10,11)12)68-53(78)67-43(50(76)83-58(7,8)9)28-23-25-35-64-45(71)29-21-19-20-22-30-46(72)66-42(49(75)82-57(4,5)6)27-24-26-36-65-48(74)39-31-32-40(41(62)37-39)38-70(55(80)86-61(16,17)18)52(63)69-54(79)85-60(13,14)15/h31-32,37,42-44H,19-30,33-36,38H2,1-18H3,(H,64,71)(H,65,74)(H,66,72)(H2,63,69,79)(H2,67,68,78)/t42?,43-,44-/m0/s1. The van der Waals surface area contributed by atoms with Crippen molar-refractivity contribution in [2.45, 2.75) is 273 Å². The van der Waals surface area contributed by atoms with Gasteiger partial charge in [0.15, 0.2) is 0 Å². The summed E-state index contributed by atoms with van der Waals surface area (Å²) in [4.78, 5) is 131. The SMILES string of the molecule is CC(C)(C)OC(=O)CC[C@H](NC(=O)N[C@@H](CCCCNC(=O)CCCCCCC(=O)NC(CCCCNC(=O)c1ccc(CN(C(=N)NC(=O)OC(C)(C)C)C(=O)OC(C)(C)C)c(I)c1)C(=O)OC(C)(C)C)C(=O)OC(C)(C)C)C(=O)OC(C)(C)C. The van der Waals surface area contributed by atoms with Gasteiger partial charge in [-0.1, -0.05) is 18.9 Å². The van der Waals surface area contributed by atoms with Crippen LogP contribution in [0, 0.1) is 8.98 Å². The minimum atomic E-state index is -1.23. The molecule has 0 radical (unpaired) electrons. The predicted octanol–water partition coefficient (Wildman–Crippen LogP) is 9.68. The third kappa shape index (κ3) is 37.3. The van der Waals surface area contributed by atoms with Crippen LogP contribution in [0.15, 0.2) is 18.2 Å². The van der Waals surface area contributed by atoms with Gasteiger partial charge in [0.2, 0.25) is 17.8 Å². The van der Waals surface area contributed by atoms with Crippen LogP contribution in [0.25, 0.3) is 0 Å². The van der Waals surface area contributed by atoms with Crippen molar-refractivity contribution >= 4 is 88.4 Å². The molecule has 0 saturated carbocycles.